The van der Waals surface area contributed by atoms with Crippen LogP contribution in [0.1, 0.15) is 0 Å². The van der Waals surface area contributed by atoms with Gasteiger partial charge in [-0.1, -0.05) is 0 Å². The molecular weight excluding hydrogens is 202 g/mol. The Hall–Kier alpha value is -1.75. The third kappa shape index (κ3) is 1.49. The van der Waals surface area contributed by atoms with E-state index in [1.807, 2.05) is 12.1 Å². The molecule has 1 aliphatic heterocycles. The highest BCUT2D eigenvalue weighted by Crippen LogP contribution is 2.23. The molecule has 2 N–H and O–H groups in total. The SMILES string of the molecule is NCC1CN(c2ccc3nccnc3n2)C1. The molecule has 5 nitrogen and oxygen atoms in total. The molecule has 3 rings (SSSR count). The highest BCUT2D eigenvalue weighted by atomic mass is 15.2. The lowest BCUT2D eigenvalue weighted by Gasteiger charge is -2.39. The predicted octanol–water partition coefficient (Wildman–Crippen LogP) is 0.420. The zero-order valence-corrected chi connectivity index (χ0v) is 8.87. The van der Waals surface area contributed by atoms with E-state index in [-0.39, 0.29) is 0 Å². The Morgan fingerprint density at radius 2 is 2.06 bits per heavy atom. The summed E-state index contributed by atoms with van der Waals surface area (Å²) in [6.07, 6.45) is 3.34. The molecule has 3 heterocycles. The van der Waals surface area contributed by atoms with E-state index < -0.39 is 0 Å². The Labute approximate surface area is 93.3 Å². The topological polar surface area (TPSA) is 67.9 Å². The molecule has 82 valence electrons. The lowest BCUT2D eigenvalue weighted by molar-refractivity contribution is 0.417. The molecule has 0 atom stereocenters. The van der Waals surface area contributed by atoms with Gasteiger partial charge in [0.25, 0.3) is 0 Å². The number of fused-ring (bicyclic) bond motifs is 1. The van der Waals surface area contributed by atoms with Crippen LogP contribution >= 0.6 is 0 Å². The third-order valence-electron chi connectivity index (χ3n) is 2.93. The van der Waals surface area contributed by atoms with Crippen molar-refractivity contribution in [2.45, 2.75) is 0 Å². The fraction of sp³-hybridized carbons (Fsp3) is 0.364. The first kappa shape index (κ1) is 9.47. The van der Waals surface area contributed by atoms with Crippen LogP contribution in [0.15, 0.2) is 24.5 Å². The maximum absolute atomic E-state index is 5.60. The highest BCUT2D eigenvalue weighted by molar-refractivity contribution is 5.71. The number of rotatable bonds is 2. The van der Waals surface area contributed by atoms with Gasteiger partial charge >= 0.3 is 0 Å². The second kappa shape index (κ2) is 3.68. The van der Waals surface area contributed by atoms with Crippen LogP contribution in [0, 0.1) is 5.92 Å². The monoisotopic (exact) mass is 215 g/mol. The summed E-state index contributed by atoms with van der Waals surface area (Å²) in [5.74, 6) is 1.58. The summed E-state index contributed by atoms with van der Waals surface area (Å²) in [5.41, 5.74) is 7.14. The van der Waals surface area contributed by atoms with Gasteiger partial charge in [0, 0.05) is 31.4 Å². The van der Waals surface area contributed by atoms with Crippen molar-refractivity contribution in [2.24, 2.45) is 11.7 Å². The Bertz CT molecular complexity index is 506. The molecule has 0 aliphatic carbocycles. The molecule has 0 saturated carbocycles. The van der Waals surface area contributed by atoms with Crippen LogP contribution in [0.2, 0.25) is 0 Å². The number of nitrogens with two attached hydrogens (primary N) is 1. The minimum absolute atomic E-state index is 0.611. The van der Waals surface area contributed by atoms with E-state index in [2.05, 4.69) is 19.9 Å². The molecule has 16 heavy (non-hydrogen) atoms. The molecule has 0 aromatic carbocycles. The van der Waals surface area contributed by atoms with Crippen molar-refractivity contribution in [1.29, 1.82) is 0 Å². The largest absolute Gasteiger partial charge is 0.356 e. The Morgan fingerprint density at radius 3 is 2.88 bits per heavy atom. The van der Waals surface area contributed by atoms with Gasteiger partial charge in [-0.15, -0.1) is 0 Å². The standard InChI is InChI=1S/C11H13N5/c12-5-8-6-16(7-8)10-2-1-9-11(15-10)14-4-3-13-9/h1-4,8H,5-7,12H2. The van der Waals surface area contributed by atoms with Crippen molar-refractivity contribution in [2.75, 3.05) is 24.5 Å². The van der Waals surface area contributed by atoms with E-state index in [0.29, 0.717) is 11.6 Å². The first-order chi connectivity index (χ1) is 7.86. The molecule has 0 amide bonds. The van der Waals surface area contributed by atoms with Crippen LogP contribution in [0.25, 0.3) is 11.2 Å². The summed E-state index contributed by atoms with van der Waals surface area (Å²) in [7, 11) is 0. The van der Waals surface area contributed by atoms with E-state index >= 15 is 0 Å². The van der Waals surface area contributed by atoms with Crippen molar-refractivity contribution >= 4 is 17.0 Å². The fourth-order valence-electron chi connectivity index (χ4n) is 1.93. The van der Waals surface area contributed by atoms with E-state index in [9.17, 15) is 0 Å². The van der Waals surface area contributed by atoms with Crippen molar-refractivity contribution in [3.05, 3.63) is 24.5 Å². The van der Waals surface area contributed by atoms with E-state index in [1.54, 1.807) is 12.4 Å². The van der Waals surface area contributed by atoms with Gasteiger partial charge in [0.2, 0.25) is 0 Å². The van der Waals surface area contributed by atoms with Gasteiger partial charge in [-0.3, -0.25) is 4.98 Å². The normalized spacial score (nSPS) is 16.4. The van der Waals surface area contributed by atoms with Crippen molar-refractivity contribution < 1.29 is 0 Å². The number of hydrogen-bond donors (Lipinski definition) is 1. The van der Waals surface area contributed by atoms with E-state index in [1.165, 1.54) is 0 Å². The number of pyridine rings is 1. The fourth-order valence-corrected chi connectivity index (χ4v) is 1.93. The summed E-state index contributed by atoms with van der Waals surface area (Å²) in [5, 5.41) is 0. The van der Waals surface area contributed by atoms with Gasteiger partial charge in [0.05, 0.1) is 0 Å². The molecule has 0 unspecified atom stereocenters. The van der Waals surface area contributed by atoms with Gasteiger partial charge in [0.15, 0.2) is 5.65 Å². The highest BCUT2D eigenvalue weighted by Gasteiger charge is 2.26. The lowest BCUT2D eigenvalue weighted by atomic mass is 10.0. The summed E-state index contributed by atoms with van der Waals surface area (Å²) < 4.78 is 0. The molecule has 1 fully saturated rings. The number of anilines is 1. The number of aromatic nitrogens is 3. The summed E-state index contributed by atoms with van der Waals surface area (Å²) >= 11 is 0. The summed E-state index contributed by atoms with van der Waals surface area (Å²) in [6, 6.07) is 3.95. The molecule has 1 aliphatic rings. The van der Waals surface area contributed by atoms with Gasteiger partial charge < -0.3 is 10.6 Å². The third-order valence-corrected chi connectivity index (χ3v) is 2.93. The van der Waals surface area contributed by atoms with E-state index in [0.717, 1.165) is 31.0 Å². The van der Waals surface area contributed by atoms with Crippen LogP contribution in [-0.4, -0.2) is 34.6 Å². The van der Waals surface area contributed by atoms with Crippen LogP contribution in [0.4, 0.5) is 5.82 Å². The first-order valence-corrected chi connectivity index (χ1v) is 5.39. The van der Waals surface area contributed by atoms with Gasteiger partial charge in [-0.05, 0) is 18.7 Å². The maximum atomic E-state index is 5.60. The van der Waals surface area contributed by atoms with Crippen LogP contribution in [0.3, 0.4) is 0 Å². The molecule has 5 heteroatoms. The van der Waals surface area contributed by atoms with Crippen LogP contribution in [-0.2, 0) is 0 Å². The molecular formula is C11H13N5. The Balaban J connectivity index is 1.89. The number of nitrogens with zero attached hydrogens (tertiary/aromatic N) is 4. The average molecular weight is 215 g/mol. The summed E-state index contributed by atoms with van der Waals surface area (Å²) in [4.78, 5) is 15.1. The van der Waals surface area contributed by atoms with Crippen molar-refractivity contribution in [3.8, 4) is 0 Å². The molecule has 1 saturated heterocycles. The zero-order chi connectivity index (χ0) is 11.0. The second-order valence-electron chi connectivity index (χ2n) is 4.08. The summed E-state index contributed by atoms with van der Waals surface area (Å²) in [6.45, 7) is 2.74. The minimum atomic E-state index is 0.611. The lowest BCUT2D eigenvalue weighted by Crippen LogP contribution is -2.50. The molecule has 0 spiro atoms. The maximum Gasteiger partial charge on any atom is 0.180 e. The first-order valence-electron chi connectivity index (χ1n) is 5.39. The van der Waals surface area contributed by atoms with Gasteiger partial charge in [0.1, 0.15) is 11.3 Å². The minimum Gasteiger partial charge on any atom is -0.356 e. The van der Waals surface area contributed by atoms with Gasteiger partial charge in [-0.2, -0.15) is 0 Å². The average Bonchev–Trinajstić information content (AvgIpc) is 2.27. The Kier molecular flexibility index (Phi) is 2.18. The van der Waals surface area contributed by atoms with Crippen molar-refractivity contribution in [3.63, 3.8) is 0 Å². The molecule has 2 aromatic rings. The van der Waals surface area contributed by atoms with Crippen LogP contribution in [0.5, 0.6) is 0 Å². The van der Waals surface area contributed by atoms with Crippen molar-refractivity contribution in [1.82, 2.24) is 15.0 Å². The quantitative estimate of drug-likeness (QED) is 0.786. The van der Waals surface area contributed by atoms with Gasteiger partial charge in [-0.25, -0.2) is 9.97 Å². The second-order valence-corrected chi connectivity index (χ2v) is 4.08. The predicted molar refractivity (Wildman–Crippen MR) is 62.1 cm³/mol. The smallest absolute Gasteiger partial charge is 0.180 e. The molecule has 0 bridgehead atoms. The van der Waals surface area contributed by atoms with Crippen LogP contribution < -0.4 is 10.6 Å². The Morgan fingerprint density at radius 1 is 1.25 bits per heavy atom. The number of hydrogen-bond acceptors (Lipinski definition) is 5. The van der Waals surface area contributed by atoms with E-state index in [4.69, 9.17) is 5.73 Å². The molecule has 2 aromatic heterocycles. The zero-order valence-electron chi connectivity index (χ0n) is 8.87. The molecule has 0 radical (unpaired) electrons.